The van der Waals surface area contributed by atoms with Gasteiger partial charge in [-0.1, -0.05) is 6.58 Å². The van der Waals surface area contributed by atoms with Crippen LogP contribution in [-0.4, -0.2) is 36.2 Å². The summed E-state index contributed by atoms with van der Waals surface area (Å²) in [6.07, 6.45) is 0.708. The highest BCUT2D eigenvalue weighted by Crippen LogP contribution is 2.16. The molecule has 1 aromatic carbocycles. The molecule has 0 unspecified atom stereocenters. The summed E-state index contributed by atoms with van der Waals surface area (Å²) < 4.78 is 14.3. The van der Waals surface area contributed by atoms with Crippen LogP contribution in [0.5, 0.6) is 11.5 Å². The average molecular weight is 308 g/mol. The van der Waals surface area contributed by atoms with Gasteiger partial charge in [-0.2, -0.15) is 0 Å². The van der Waals surface area contributed by atoms with Crippen LogP contribution in [0.15, 0.2) is 36.9 Å². The molecule has 0 aliphatic heterocycles. The fraction of sp³-hybridized carbons (Fsp3) is 0.267. The zero-order chi connectivity index (χ0) is 16.4. The number of benzene rings is 1. The minimum Gasteiger partial charge on any atom is -0.508 e. The molecule has 0 fully saturated rings. The fourth-order valence-corrected chi connectivity index (χ4v) is 1.33. The van der Waals surface area contributed by atoms with Gasteiger partial charge in [-0.05, 0) is 24.3 Å². The van der Waals surface area contributed by atoms with Crippen molar-refractivity contribution in [2.45, 2.75) is 12.8 Å². The fourth-order valence-electron chi connectivity index (χ4n) is 1.33. The second kappa shape index (κ2) is 9.17. The number of aromatic hydroxyl groups is 1. The molecule has 7 nitrogen and oxygen atoms in total. The second-order valence-electron chi connectivity index (χ2n) is 4.06. The lowest BCUT2D eigenvalue weighted by Crippen LogP contribution is -2.15. The molecule has 0 aliphatic rings. The predicted molar refractivity (Wildman–Crippen MR) is 75.1 cm³/mol. The quantitative estimate of drug-likeness (QED) is 0.335. The number of rotatable bonds is 8. The van der Waals surface area contributed by atoms with Crippen molar-refractivity contribution in [2.24, 2.45) is 0 Å². The maximum Gasteiger partial charge on any atom is 0.330 e. The highest BCUT2D eigenvalue weighted by molar-refractivity contribution is 5.81. The van der Waals surface area contributed by atoms with Crippen molar-refractivity contribution in [1.82, 2.24) is 0 Å². The van der Waals surface area contributed by atoms with Gasteiger partial charge < -0.3 is 19.3 Å². The summed E-state index contributed by atoms with van der Waals surface area (Å²) in [4.78, 5) is 33.5. The summed E-state index contributed by atoms with van der Waals surface area (Å²) in [6, 6.07) is 5.61. The zero-order valence-electron chi connectivity index (χ0n) is 11.8. The van der Waals surface area contributed by atoms with E-state index in [-0.39, 0.29) is 37.6 Å². The van der Waals surface area contributed by atoms with E-state index in [0.29, 0.717) is 0 Å². The van der Waals surface area contributed by atoms with Gasteiger partial charge in [0.25, 0.3) is 0 Å². The molecule has 0 spiro atoms. The van der Waals surface area contributed by atoms with Gasteiger partial charge in [0, 0.05) is 6.08 Å². The van der Waals surface area contributed by atoms with Gasteiger partial charge in [-0.25, -0.2) is 4.79 Å². The van der Waals surface area contributed by atoms with E-state index in [1.54, 1.807) is 0 Å². The summed E-state index contributed by atoms with van der Waals surface area (Å²) in [7, 11) is 0. The first kappa shape index (κ1) is 17.2. The molecule has 0 atom stereocenters. The zero-order valence-corrected chi connectivity index (χ0v) is 11.8. The van der Waals surface area contributed by atoms with Gasteiger partial charge in [0.2, 0.25) is 0 Å². The summed E-state index contributed by atoms with van der Waals surface area (Å²) in [5, 5.41) is 9.08. The smallest absolute Gasteiger partial charge is 0.330 e. The van der Waals surface area contributed by atoms with E-state index in [1.165, 1.54) is 24.3 Å². The van der Waals surface area contributed by atoms with E-state index in [2.05, 4.69) is 11.3 Å². The van der Waals surface area contributed by atoms with Crippen LogP contribution in [0.25, 0.3) is 0 Å². The highest BCUT2D eigenvalue weighted by Gasteiger charge is 2.10. The first-order chi connectivity index (χ1) is 10.5. The molecule has 1 N–H and O–H groups in total. The first-order valence-corrected chi connectivity index (χ1v) is 6.46. The molecule has 0 radical (unpaired) electrons. The number of carbonyl (C=O) groups is 3. The highest BCUT2D eigenvalue weighted by atomic mass is 16.6. The average Bonchev–Trinajstić information content (AvgIpc) is 2.51. The summed E-state index contributed by atoms with van der Waals surface area (Å²) in [6.45, 7) is 3.05. The van der Waals surface area contributed by atoms with Crippen molar-refractivity contribution >= 4 is 17.9 Å². The Morgan fingerprint density at radius 2 is 1.59 bits per heavy atom. The largest absolute Gasteiger partial charge is 0.508 e. The Bertz CT molecular complexity index is 533. The van der Waals surface area contributed by atoms with Crippen LogP contribution in [0, 0.1) is 0 Å². The maximum absolute atomic E-state index is 11.5. The molecule has 0 amide bonds. The third-order valence-electron chi connectivity index (χ3n) is 2.36. The number of esters is 3. The minimum absolute atomic E-state index is 0.0560. The Kier molecular flexibility index (Phi) is 7.18. The lowest BCUT2D eigenvalue weighted by Gasteiger charge is -2.06. The number of phenols is 1. The Morgan fingerprint density at radius 3 is 2.23 bits per heavy atom. The monoisotopic (exact) mass is 308 g/mol. The van der Waals surface area contributed by atoms with Crippen molar-refractivity contribution in [2.75, 3.05) is 13.2 Å². The van der Waals surface area contributed by atoms with E-state index in [0.717, 1.165) is 6.08 Å². The molecular weight excluding hydrogens is 292 g/mol. The van der Waals surface area contributed by atoms with Gasteiger partial charge >= 0.3 is 17.9 Å². The number of hydrogen-bond donors (Lipinski definition) is 1. The Hall–Kier alpha value is -2.83. The molecule has 7 heteroatoms. The number of carbonyl (C=O) groups excluding carboxylic acids is 3. The lowest BCUT2D eigenvalue weighted by atomic mass is 10.3. The molecule has 0 heterocycles. The van der Waals surface area contributed by atoms with Gasteiger partial charge in [0.05, 0.1) is 12.8 Å². The SMILES string of the molecule is C=CC(=O)OCCOC(=O)CCC(=O)Oc1ccc(O)cc1. The third-order valence-corrected chi connectivity index (χ3v) is 2.36. The maximum atomic E-state index is 11.5. The summed E-state index contributed by atoms with van der Waals surface area (Å²) >= 11 is 0. The van der Waals surface area contributed by atoms with Crippen LogP contribution < -0.4 is 4.74 Å². The lowest BCUT2D eigenvalue weighted by molar-refractivity contribution is -0.151. The predicted octanol–water partition coefficient (Wildman–Crippen LogP) is 1.35. The third kappa shape index (κ3) is 7.09. The molecule has 0 aliphatic carbocycles. The summed E-state index contributed by atoms with van der Waals surface area (Å²) in [5.74, 6) is -1.47. The Morgan fingerprint density at radius 1 is 1.00 bits per heavy atom. The van der Waals surface area contributed by atoms with Crippen LogP contribution in [0.4, 0.5) is 0 Å². The van der Waals surface area contributed by atoms with E-state index in [4.69, 9.17) is 14.6 Å². The van der Waals surface area contributed by atoms with Crippen molar-refractivity contribution in [3.05, 3.63) is 36.9 Å². The molecule has 22 heavy (non-hydrogen) atoms. The molecule has 0 bridgehead atoms. The van der Waals surface area contributed by atoms with Crippen LogP contribution in [0.3, 0.4) is 0 Å². The molecule has 1 rings (SSSR count). The van der Waals surface area contributed by atoms with Gasteiger partial charge in [-0.3, -0.25) is 9.59 Å². The van der Waals surface area contributed by atoms with E-state index >= 15 is 0 Å². The van der Waals surface area contributed by atoms with Crippen molar-refractivity contribution < 1.29 is 33.7 Å². The molecule has 1 aromatic rings. The number of phenolic OH excluding ortho intramolecular Hbond substituents is 1. The van der Waals surface area contributed by atoms with Gasteiger partial charge in [-0.15, -0.1) is 0 Å². The topological polar surface area (TPSA) is 99.1 Å². The van der Waals surface area contributed by atoms with Crippen molar-refractivity contribution in [1.29, 1.82) is 0 Å². The summed E-state index contributed by atoms with van der Waals surface area (Å²) in [5.41, 5.74) is 0. The van der Waals surface area contributed by atoms with Crippen LogP contribution >= 0.6 is 0 Å². The molecular formula is C15H16O7. The normalized spacial score (nSPS) is 9.64. The van der Waals surface area contributed by atoms with E-state index < -0.39 is 17.9 Å². The second-order valence-corrected chi connectivity index (χ2v) is 4.06. The van der Waals surface area contributed by atoms with Crippen LogP contribution in [0.1, 0.15) is 12.8 Å². The molecule has 118 valence electrons. The van der Waals surface area contributed by atoms with Crippen molar-refractivity contribution in [3.63, 3.8) is 0 Å². The van der Waals surface area contributed by atoms with Gasteiger partial charge in [0.1, 0.15) is 24.7 Å². The minimum atomic E-state index is -0.603. The molecule has 0 aromatic heterocycles. The van der Waals surface area contributed by atoms with E-state index in [9.17, 15) is 14.4 Å². The Balaban J connectivity index is 2.17. The van der Waals surface area contributed by atoms with Crippen molar-refractivity contribution in [3.8, 4) is 11.5 Å². The molecule has 0 saturated heterocycles. The molecule has 0 saturated carbocycles. The Labute approximate surface area is 127 Å². The van der Waals surface area contributed by atoms with Gasteiger partial charge in [0.15, 0.2) is 0 Å². The number of ether oxygens (including phenoxy) is 3. The first-order valence-electron chi connectivity index (χ1n) is 6.46. The van der Waals surface area contributed by atoms with E-state index in [1.807, 2.05) is 0 Å². The van der Waals surface area contributed by atoms with Crippen LogP contribution in [-0.2, 0) is 23.9 Å². The number of hydrogen-bond acceptors (Lipinski definition) is 7. The van der Waals surface area contributed by atoms with Crippen LogP contribution in [0.2, 0.25) is 0 Å². The standard InChI is InChI=1S/C15H16O7/c1-2-13(17)20-9-10-21-14(18)7-8-15(19)22-12-5-3-11(16)4-6-12/h2-6,16H,1,7-10H2.